The van der Waals surface area contributed by atoms with Crippen molar-refractivity contribution in [1.29, 1.82) is 0 Å². The lowest BCUT2D eigenvalue weighted by molar-refractivity contribution is 0.0529. The quantitative estimate of drug-likeness (QED) is 0.915. The van der Waals surface area contributed by atoms with Crippen molar-refractivity contribution in [2.75, 3.05) is 26.7 Å². The lowest BCUT2D eigenvalue weighted by Gasteiger charge is -2.38. The Bertz CT molecular complexity index is 613. The summed E-state index contributed by atoms with van der Waals surface area (Å²) in [6.45, 7) is 2.06. The van der Waals surface area contributed by atoms with Crippen LogP contribution >= 0.6 is 11.6 Å². The van der Waals surface area contributed by atoms with Crippen LogP contribution < -0.4 is 0 Å². The lowest BCUT2D eigenvalue weighted by atomic mass is 10.1. The third-order valence-electron chi connectivity index (χ3n) is 3.72. The monoisotopic (exact) mass is 305 g/mol. The molecule has 21 heavy (non-hydrogen) atoms. The largest absolute Gasteiger partial charge is 0.347 e. The molecular formula is C14H16ClN5O. The summed E-state index contributed by atoms with van der Waals surface area (Å²) in [5.41, 5.74) is 0.419. The highest BCUT2D eigenvalue weighted by Gasteiger charge is 2.30. The highest BCUT2D eigenvalue weighted by atomic mass is 35.5. The van der Waals surface area contributed by atoms with E-state index in [2.05, 4.69) is 19.9 Å². The molecule has 110 valence electrons. The molecule has 0 bridgehead atoms. The van der Waals surface area contributed by atoms with Crippen molar-refractivity contribution in [3.05, 3.63) is 47.3 Å². The van der Waals surface area contributed by atoms with Crippen molar-refractivity contribution in [2.45, 2.75) is 6.04 Å². The number of imidazole rings is 1. The van der Waals surface area contributed by atoms with Crippen LogP contribution in [0.1, 0.15) is 22.4 Å². The Morgan fingerprint density at radius 2 is 2.24 bits per heavy atom. The minimum Gasteiger partial charge on any atom is -0.347 e. The van der Waals surface area contributed by atoms with Gasteiger partial charge in [-0.05, 0) is 19.2 Å². The third-order valence-corrected chi connectivity index (χ3v) is 3.94. The number of pyridine rings is 1. The zero-order valence-electron chi connectivity index (χ0n) is 11.7. The number of nitrogens with zero attached hydrogens (tertiary/aromatic N) is 4. The van der Waals surface area contributed by atoms with E-state index in [1.54, 1.807) is 24.5 Å². The molecule has 1 atom stereocenters. The van der Waals surface area contributed by atoms with Crippen molar-refractivity contribution in [1.82, 2.24) is 24.8 Å². The van der Waals surface area contributed by atoms with Crippen LogP contribution in [-0.4, -0.2) is 57.3 Å². The molecule has 2 aromatic rings. The second-order valence-electron chi connectivity index (χ2n) is 5.08. The summed E-state index contributed by atoms with van der Waals surface area (Å²) in [7, 11) is 2.04. The predicted molar refractivity (Wildman–Crippen MR) is 79.1 cm³/mol. The summed E-state index contributed by atoms with van der Waals surface area (Å²) in [4.78, 5) is 28.0. The van der Waals surface area contributed by atoms with E-state index in [-0.39, 0.29) is 11.9 Å². The average molecular weight is 306 g/mol. The maximum absolute atomic E-state index is 12.5. The van der Waals surface area contributed by atoms with Gasteiger partial charge in [-0.1, -0.05) is 11.6 Å². The van der Waals surface area contributed by atoms with Crippen LogP contribution in [0.3, 0.4) is 0 Å². The number of aromatic amines is 1. The lowest BCUT2D eigenvalue weighted by Crippen LogP contribution is -2.49. The molecule has 1 amide bonds. The van der Waals surface area contributed by atoms with Crippen LogP contribution in [-0.2, 0) is 0 Å². The molecule has 0 radical (unpaired) electrons. The van der Waals surface area contributed by atoms with Gasteiger partial charge in [0.2, 0.25) is 0 Å². The minimum atomic E-state index is -0.0728. The smallest absolute Gasteiger partial charge is 0.272 e. The number of carbonyl (C=O) groups is 1. The summed E-state index contributed by atoms with van der Waals surface area (Å²) in [6, 6.07) is 3.41. The van der Waals surface area contributed by atoms with Crippen LogP contribution in [0.2, 0.25) is 5.02 Å². The van der Waals surface area contributed by atoms with Crippen LogP contribution in [0, 0.1) is 0 Å². The average Bonchev–Trinajstić information content (AvgIpc) is 3.02. The molecule has 2 aromatic heterocycles. The van der Waals surface area contributed by atoms with Gasteiger partial charge in [-0.2, -0.15) is 0 Å². The van der Waals surface area contributed by atoms with Gasteiger partial charge >= 0.3 is 0 Å². The Kier molecular flexibility index (Phi) is 3.90. The number of aromatic nitrogens is 3. The van der Waals surface area contributed by atoms with Gasteiger partial charge in [0.15, 0.2) is 0 Å². The topological polar surface area (TPSA) is 65.1 Å². The van der Waals surface area contributed by atoms with E-state index >= 15 is 0 Å². The Balaban J connectivity index is 1.77. The van der Waals surface area contributed by atoms with E-state index in [1.807, 2.05) is 11.9 Å². The first kappa shape index (κ1) is 14.0. The number of H-pyrrole nitrogens is 1. The second kappa shape index (κ2) is 5.83. The van der Waals surface area contributed by atoms with Gasteiger partial charge in [-0.15, -0.1) is 0 Å². The SMILES string of the molecule is CN1CCN(C(=O)c2ccc(Cl)cn2)C[C@@H]1c1ncc[nH]1. The van der Waals surface area contributed by atoms with E-state index in [9.17, 15) is 4.79 Å². The molecule has 3 rings (SSSR count). The summed E-state index contributed by atoms with van der Waals surface area (Å²) >= 11 is 5.81. The molecule has 0 aromatic carbocycles. The standard InChI is InChI=1S/C14H16ClN5O/c1-19-6-7-20(9-12(19)13-16-4-5-17-13)14(21)11-3-2-10(15)8-18-11/h2-5,8,12H,6-7,9H2,1H3,(H,16,17)/t12-/m1/s1. The number of amides is 1. The Labute approximate surface area is 127 Å². The Morgan fingerprint density at radius 1 is 1.38 bits per heavy atom. The molecule has 1 aliphatic rings. The molecule has 0 unspecified atom stereocenters. The highest BCUT2D eigenvalue weighted by Crippen LogP contribution is 2.22. The predicted octanol–water partition coefficient (Wildman–Crippen LogP) is 1.59. The van der Waals surface area contributed by atoms with Crippen molar-refractivity contribution < 1.29 is 4.79 Å². The number of hydrogen-bond donors (Lipinski definition) is 1. The zero-order chi connectivity index (χ0) is 14.8. The molecule has 3 heterocycles. The molecular weight excluding hydrogens is 290 g/mol. The maximum atomic E-state index is 12.5. The minimum absolute atomic E-state index is 0.0728. The number of carbonyl (C=O) groups excluding carboxylic acids is 1. The summed E-state index contributed by atoms with van der Waals surface area (Å²) in [6.07, 6.45) is 5.02. The van der Waals surface area contributed by atoms with Crippen molar-refractivity contribution in [2.24, 2.45) is 0 Å². The van der Waals surface area contributed by atoms with Gasteiger partial charge in [0.25, 0.3) is 5.91 Å². The van der Waals surface area contributed by atoms with Crippen molar-refractivity contribution >= 4 is 17.5 Å². The fourth-order valence-electron chi connectivity index (χ4n) is 2.48. The van der Waals surface area contributed by atoms with Gasteiger partial charge in [0.1, 0.15) is 11.5 Å². The fourth-order valence-corrected chi connectivity index (χ4v) is 2.59. The molecule has 6 nitrogen and oxygen atoms in total. The number of halogens is 1. The van der Waals surface area contributed by atoms with Gasteiger partial charge in [-0.25, -0.2) is 9.97 Å². The Morgan fingerprint density at radius 3 is 2.90 bits per heavy atom. The second-order valence-corrected chi connectivity index (χ2v) is 5.52. The van der Waals surface area contributed by atoms with Gasteiger partial charge < -0.3 is 9.88 Å². The van der Waals surface area contributed by atoms with Crippen LogP contribution in [0.25, 0.3) is 0 Å². The van der Waals surface area contributed by atoms with Crippen LogP contribution in [0.4, 0.5) is 0 Å². The first-order chi connectivity index (χ1) is 10.1. The molecule has 0 aliphatic carbocycles. The highest BCUT2D eigenvalue weighted by molar-refractivity contribution is 6.30. The van der Waals surface area contributed by atoms with Gasteiger partial charge in [0, 0.05) is 38.2 Å². The molecule has 1 fully saturated rings. The van der Waals surface area contributed by atoms with E-state index in [0.717, 1.165) is 12.4 Å². The maximum Gasteiger partial charge on any atom is 0.272 e. The van der Waals surface area contributed by atoms with Crippen LogP contribution in [0.5, 0.6) is 0 Å². The van der Waals surface area contributed by atoms with Gasteiger partial charge in [-0.3, -0.25) is 9.69 Å². The fraction of sp³-hybridized carbons (Fsp3) is 0.357. The summed E-state index contributed by atoms with van der Waals surface area (Å²) in [5, 5.41) is 0.526. The number of rotatable bonds is 2. The summed E-state index contributed by atoms with van der Waals surface area (Å²) in [5.74, 6) is 0.801. The molecule has 7 heteroatoms. The molecule has 0 spiro atoms. The Hall–Kier alpha value is -1.92. The molecule has 1 saturated heterocycles. The van der Waals surface area contributed by atoms with Crippen molar-refractivity contribution in [3.63, 3.8) is 0 Å². The molecule has 1 aliphatic heterocycles. The number of piperazine rings is 1. The van der Waals surface area contributed by atoms with Crippen LogP contribution in [0.15, 0.2) is 30.7 Å². The first-order valence-corrected chi connectivity index (χ1v) is 7.13. The van der Waals surface area contributed by atoms with Gasteiger partial charge in [0.05, 0.1) is 11.1 Å². The number of likely N-dealkylation sites (N-methyl/N-ethyl adjacent to an activating group) is 1. The third kappa shape index (κ3) is 2.91. The summed E-state index contributed by atoms with van der Waals surface area (Å²) < 4.78 is 0. The first-order valence-electron chi connectivity index (χ1n) is 6.75. The molecule has 1 N–H and O–H groups in total. The molecule has 0 saturated carbocycles. The van der Waals surface area contributed by atoms with E-state index < -0.39 is 0 Å². The van der Waals surface area contributed by atoms with E-state index in [4.69, 9.17) is 11.6 Å². The normalized spacial score (nSPS) is 19.7. The van der Waals surface area contributed by atoms with Crippen molar-refractivity contribution in [3.8, 4) is 0 Å². The number of nitrogens with one attached hydrogen (secondary N) is 1. The number of hydrogen-bond acceptors (Lipinski definition) is 4. The van der Waals surface area contributed by atoms with E-state index in [0.29, 0.717) is 23.8 Å². The van der Waals surface area contributed by atoms with E-state index in [1.165, 1.54) is 6.20 Å². The zero-order valence-corrected chi connectivity index (χ0v) is 12.4.